The average molecular weight is 549 g/mol. The van der Waals surface area contributed by atoms with E-state index in [1.807, 2.05) is 6.07 Å². The van der Waals surface area contributed by atoms with Gasteiger partial charge in [0.05, 0.1) is 12.9 Å². The van der Waals surface area contributed by atoms with Gasteiger partial charge in [-0.25, -0.2) is 20.1 Å². The Kier molecular flexibility index (Phi) is 8.15. The zero-order valence-electron chi connectivity index (χ0n) is 20.7. The standard InChI is InChI=1S/C23H32N8O6S/c24-38(34,35)36-13-17-19(32)20(33)23(37-17)31-15-28-18-21(26-14-27-22(18)31)25-6-7-29-8-10-30(11-9-29)12-16-4-2-1-3-5-16/h1-5,14-15,17,19-20,23,32-33H,6-13H2,(H2,24,34,35)(H,25,26,27)/t17-,19-,20-,23-/m1/s1. The number of nitrogens with two attached hydrogens (primary N) is 1. The van der Waals surface area contributed by atoms with Crippen molar-refractivity contribution in [2.24, 2.45) is 5.14 Å². The normalized spacial score (nSPS) is 25.2. The molecule has 0 aliphatic carbocycles. The number of nitrogens with zero attached hydrogens (tertiary/aromatic N) is 6. The summed E-state index contributed by atoms with van der Waals surface area (Å²) in [6, 6.07) is 10.5. The third-order valence-corrected chi connectivity index (χ3v) is 7.27. The summed E-state index contributed by atoms with van der Waals surface area (Å²) in [5, 5.41) is 29.0. The number of benzene rings is 1. The van der Waals surface area contributed by atoms with E-state index in [1.54, 1.807) is 0 Å². The highest BCUT2D eigenvalue weighted by molar-refractivity contribution is 7.84. The number of hydrogen-bond acceptors (Lipinski definition) is 12. The molecule has 0 unspecified atom stereocenters. The summed E-state index contributed by atoms with van der Waals surface area (Å²) in [5.41, 5.74) is 2.20. The summed E-state index contributed by atoms with van der Waals surface area (Å²) >= 11 is 0. The van der Waals surface area contributed by atoms with Crippen LogP contribution in [0, 0.1) is 0 Å². The van der Waals surface area contributed by atoms with Gasteiger partial charge in [0.25, 0.3) is 0 Å². The summed E-state index contributed by atoms with van der Waals surface area (Å²) < 4.78 is 33.8. The van der Waals surface area contributed by atoms with Crippen molar-refractivity contribution in [1.29, 1.82) is 0 Å². The van der Waals surface area contributed by atoms with Crippen LogP contribution in [0.1, 0.15) is 11.8 Å². The molecule has 0 radical (unpaired) electrons. The third kappa shape index (κ3) is 6.27. The highest BCUT2D eigenvalue weighted by Gasteiger charge is 2.45. The summed E-state index contributed by atoms with van der Waals surface area (Å²) in [5.74, 6) is 0.540. The monoisotopic (exact) mass is 548 g/mol. The lowest BCUT2D eigenvalue weighted by atomic mass is 10.1. The topological polar surface area (TPSA) is 181 Å². The van der Waals surface area contributed by atoms with Crippen molar-refractivity contribution in [2.75, 3.05) is 51.2 Å². The van der Waals surface area contributed by atoms with Crippen LogP contribution in [0.4, 0.5) is 5.82 Å². The number of piperazine rings is 1. The Morgan fingerprint density at radius 2 is 1.79 bits per heavy atom. The third-order valence-electron chi connectivity index (χ3n) is 6.80. The first-order chi connectivity index (χ1) is 18.3. The lowest BCUT2D eigenvalue weighted by molar-refractivity contribution is -0.0467. The van der Waals surface area contributed by atoms with Crippen molar-refractivity contribution in [3.05, 3.63) is 48.5 Å². The number of ether oxygens (including phenoxy) is 1. The second kappa shape index (κ2) is 11.5. The van der Waals surface area contributed by atoms with E-state index >= 15 is 0 Å². The highest BCUT2D eigenvalue weighted by Crippen LogP contribution is 2.32. The molecule has 0 saturated carbocycles. The molecule has 14 nitrogen and oxygen atoms in total. The molecule has 2 aliphatic heterocycles. The van der Waals surface area contributed by atoms with Gasteiger partial charge in [-0.1, -0.05) is 30.3 Å². The van der Waals surface area contributed by atoms with E-state index in [0.29, 0.717) is 23.5 Å². The fourth-order valence-electron chi connectivity index (χ4n) is 4.77. The number of hydrogen-bond donors (Lipinski definition) is 4. The number of aliphatic hydroxyl groups excluding tert-OH is 2. The van der Waals surface area contributed by atoms with Crippen LogP contribution in [-0.2, 0) is 25.8 Å². The Bertz CT molecular complexity index is 1320. The van der Waals surface area contributed by atoms with Crippen molar-refractivity contribution in [2.45, 2.75) is 31.1 Å². The zero-order valence-corrected chi connectivity index (χ0v) is 21.5. The van der Waals surface area contributed by atoms with Gasteiger partial charge >= 0.3 is 10.3 Å². The van der Waals surface area contributed by atoms with E-state index in [1.165, 1.54) is 22.8 Å². The Balaban J connectivity index is 1.15. The number of aliphatic hydroxyl groups is 2. The SMILES string of the molecule is NS(=O)(=O)OC[C@H]1O[C@@H](n2cnc3c(NCCN4CCN(Cc5ccccc5)CC4)ncnc32)[C@H](O)[C@@H]1O. The van der Waals surface area contributed by atoms with Crippen LogP contribution in [0.25, 0.3) is 11.2 Å². The van der Waals surface area contributed by atoms with Crippen LogP contribution in [0.15, 0.2) is 43.0 Å². The number of aromatic nitrogens is 4. The lowest BCUT2D eigenvalue weighted by Gasteiger charge is -2.34. The van der Waals surface area contributed by atoms with Crippen LogP contribution in [0.5, 0.6) is 0 Å². The Labute approximate surface area is 220 Å². The van der Waals surface area contributed by atoms with Crippen molar-refractivity contribution < 1.29 is 27.6 Å². The minimum Gasteiger partial charge on any atom is -0.387 e. The van der Waals surface area contributed by atoms with E-state index in [0.717, 1.165) is 39.3 Å². The smallest absolute Gasteiger partial charge is 0.333 e. The number of fused-ring (bicyclic) bond motifs is 1. The summed E-state index contributed by atoms with van der Waals surface area (Å²) in [4.78, 5) is 17.8. The molecule has 15 heteroatoms. The van der Waals surface area contributed by atoms with Crippen molar-refractivity contribution in [3.8, 4) is 0 Å². The minimum atomic E-state index is -4.22. The Morgan fingerprint density at radius 1 is 1.05 bits per heavy atom. The second-order valence-electron chi connectivity index (χ2n) is 9.40. The quantitative estimate of drug-likeness (QED) is 0.240. The van der Waals surface area contributed by atoms with Crippen LogP contribution in [-0.4, -0.2) is 112 Å². The minimum absolute atomic E-state index is 0.390. The molecule has 0 spiro atoms. The first-order valence-electron chi connectivity index (χ1n) is 12.4. The van der Waals surface area contributed by atoms with Crippen molar-refractivity contribution in [1.82, 2.24) is 29.3 Å². The van der Waals surface area contributed by atoms with Crippen LogP contribution in [0.3, 0.4) is 0 Å². The maximum atomic E-state index is 11.1. The van der Waals surface area contributed by atoms with Gasteiger partial charge < -0.3 is 20.3 Å². The number of imidazole rings is 1. The van der Waals surface area contributed by atoms with E-state index in [9.17, 15) is 18.6 Å². The van der Waals surface area contributed by atoms with E-state index in [-0.39, 0.29) is 0 Å². The van der Waals surface area contributed by atoms with E-state index in [4.69, 9.17) is 9.88 Å². The molecule has 0 amide bonds. The molecule has 2 aliphatic rings. The molecular formula is C23H32N8O6S. The highest BCUT2D eigenvalue weighted by atomic mass is 32.2. The van der Waals surface area contributed by atoms with Gasteiger partial charge in [-0.2, -0.15) is 8.42 Å². The maximum absolute atomic E-state index is 11.1. The second-order valence-corrected chi connectivity index (χ2v) is 10.6. The van der Waals surface area contributed by atoms with Crippen molar-refractivity contribution in [3.63, 3.8) is 0 Å². The van der Waals surface area contributed by atoms with Gasteiger partial charge in [0.2, 0.25) is 0 Å². The Morgan fingerprint density at radius 3 is 2.53 bits per heavy atom. The molecule has 5 rings (SSSR count). The fraction of sp³-hybridized carbons (Fsp3) is 0.522. The molecule has 0 bridgehead atoms. The van der Waals surface area contributed by atoms with Crippen LogP contribution < -0.4 is 10.5 Å². The van der Waals surface area contributed by atoms with Gasteiger partial charge in [0, 0.05) is 45.8 Å². The summed E-state index contributed by atoms with van der Waals surface area (Å²) in [6.07, 6.45) is -2.12. The number of anilines is 1. The number of nitrogens with one attached hydrogen (secondary N) is 1. The average Bonchev–Trinajstić information content (AvgIpc) is 3.45. The molecule has 38 heavy (non-hydrogen) atoms. The van der Waals surface area contributed by atoms with Gasteiger partial charge in [-0.05, 0) is 5.56 Å². The first kappa shape index (κ1) is 26.8. The summed E-state index contributed by atoms with van der Waals surface area (Å²) in [7, 11) is -4.22. The molecule has 1 aromatic carbocycles. The van der Waals surface area contributed by atoms with Crippen molar-refractivity contribution >= 4 is 27.3 Å². The maximum Gasteiger partial charge on any atom is 0.333 e. The molecule has 206 valence electrons. The molecule has 2 aromatic heterocycles. The molecule has 4 heterocycles. The molecule has 2 fully saturated rings. The van der Waals surface area contributed by atoms with Gasteiger partial charge in [-0.3, -0.25) is 18.6 Å². The zero-order chi connectivity index (χ0) is 26.7. The summed E-state index contributed by atoms with van der Waals surface area (Å²) in [6.45, 7) is 5.91. The molecule has 3 aromatic rings. The predicted molar refractivity (Wildman–Crippen MR) is 137 cm³/mol. The molecular weight excluding hydrogens is 516 g/mol. The van der Waals surface area contributed by atoms with Gasteiger partial charge in [-0.15, -0.1) is 0 Å². The molecule has 2 saturated heterocycles. The van der Waals surface area contributed by atoms with Gasteiger partial charge in [0.1, 0.15) is 24.6 Å². The van der Waals surface area contributed by atoms with Crippen LogP contribution >= 0.6 is 0 Å². The van der Waals surface area contributed by atoms with E-state index < -0.39 is 41.5 Å². The Hall–Kier alpha value is -2.76. The first-order valence-corrected chi connectivity index (χ1v) is 13.8. The van der Waals surface area contributed by atoms with E-state index in [2.05, 4.69) is 58.5 Å². The molecule has 5 N–H and O–H groups in total. The predicted octanol–water partition coefficient (Wildman–Crippen LogP) is -1.10. The lowest BCUT2D eigenvalue weighted by Crippen LogP contribution is -2.47. The van der Waals surface area contributed by atoms with Gasteiger partial charge in [0.15, 0.2) is 23.2 Å². The number of rotatable bonds is 10. The fourth-order valence-corrected chi connectivity index (χ4v) is 5.09. The largest absolute Gasteiger partial charge is 0.387 e. The van der Waals surface area contributed by atoms with Crippen LogP contribution in [0.2, 0.25) is 0 Å². The molecule has 4 atom stereocenters.